The van der Waals surface area contributed by atoms with Gasteiger partial charge in [-0.25, -0.2) is 13.4 Å². The summed E-state index contributed by atoms with van der Waals surface area (Å²) in [5.41, 5.74) is 3.82. The number of rotatable bonds is 6. The highest BCUT2D eigenvalue weighted by atomic mass is 32.2. The van der Waals surface area contributed by atoms with Crippen LogP contribution in [0, 0.1) is 0 Å². The van der Waals surface area contributed by atoms with Gasteiger partial charge in [-0.05, 0) is 62.2 Å². The third kappa shape index (κ3) is 5.03. The second-order valence-corrected chi connectivity index (χ2v) is 13.9. The molecule has 1 atom stereocenters. The van der Waals surface area contributed by atoms with Gasteiger partial charge in [-0.3, -0.25) is 9.69 Å². The number of benzene rings is 2. The van der Waals surface area contributed by atoms with E-state index in [-0.39, 0.29) is 23.0 Å². The Balaban J connectivity index is 1.26. The van der Waals surface area contributed by atoms with Crippen molar-refractivity contribution in [3.05, 3.63) is 69.9 Å². The largest absolute Gasteiger partial charge is 0.379 e. The van der Waals surface area contributed by atoms with Crippen LogP contribution < -0.4 is 5.32 Å². The van der Waals surface area contributed by atoms with Gasteiger partial charge in [-0.15, -0.1) is 22.7 Å². The van der Waals surface area contributed by atoms with E-state index in [1.807, 2.05) is 18.2 Å². The molecule has 4 heterocycles. The molecule has 8 nitrogen and oxygen atoms in total. The van der Waals surface area contributed by atoms with E-state index < -0.39 is 10.0 Å². The highest BCUT2D eigenvalue weighted by Crippen LogP contribution is 2.42. The van der Waals surface area contributed by atoms with Crippen molar-refractivity contribution in [1.29, 1.82) is 0 Å². The maximum atomic E-state index is 13.4. The first-order valence-corrected chi connectivity index (χ1v) is 16.2. The molecule has 2 aromatic carbocycles. The highest BCUT2D eigenvalue weighted by molar-refractivity contribution is 7.89. The lowest BCUT2D eigenvalue weighted by atomic mass is 10.00. The van der Waals surface area contributed by atoms with Gasteiger partial charge in [0.1, 0.15) is 11.2 Å². The number of thiophene rings is 1. The van der Waals surface area contributed by atoms with Gasteiger partial charge in [0, 0.05) is 47.1 Å². The zero-order valence-electron chi connectivity index (χ0n) is 21.8. The number of nitrogens with zero attached hydrogens (tertiary/aromatic N) is 3. The predicted molar refractivity (Wildman–Crippen MR) is 155 cm³/mol. The molecule has 6 rings (SSSR count). The summed E-state index contributed by atoms with van der Waals surface area (Å²) in [6, 6.07) is 14.6. The molecule has 204 valence electrons. The van der Waals surface area contributed by atoms with Gasteiger partial charge in [0.05, 0.1) is 28.3 Å². The van der Waals surface area contributed by atoms with Gasteiger partial charge in [-0.1, -0.05) is 12.1 Å². The topological polar surface area (TPSA) is 91.8 Å². The fraction of sp³-hybridized carbons (Fsp3) is 0.357. The molecule has 1 N–H and O–H groups in total. The van der Waals surface area contributed by atoms with E-state index in [4.69, 9.17) is 9.72 Å². The Morgan fingerprint density at radius 2 is 1.82 bits per heavy atom. The summed E-state index contributed by atoms with van der Waals surface area (Å²) in [6.45, 7) is 6.53. The number of sulfonamides is 1. The zero-order valence-corrected chi connectivity index (χ0v) is 24.2. The molecule has 39 heavy (non-hydrogen) atoms. The van der Waals surface area contributed by atoms with Crippen molar-refractivity contribution < 1.29 is 17.9 Å². The lowest BCUT2D eigenvalue weighted by Crippen LogP contribution is -2.47. The molecule has 1 unspecified atom stereocenters. The first-order chi connectivity index (χ1) is 18.8. The summed E-state index contributed by atoms with van der Waals surface area (Å²) >= 11 is 3.36. The number of para-hydroxylation sites is 1. The van der Waals surface area contributed by atoms with Crippen LogP contribution in [-0.2, 0) is 21.2 Å². The number of carbonyl (C=O) groups excluding carboxylic acids is 1. The van der Waals surface area contributed by atoms with Gasteiger partial charge in [0.25, 0.3) is 5.91 Å². The number of carbonyl (C=O) groups is 1. The van der Waals surface area contributed by atoms with Crippen molar-refractivity contribution in [1.82, 2.24) is 19.5 Å². The summed E-state index contributed by atoms with van der Waals surface area (Å²) in [4.78, 5) is 21.9. The number of fused-ring (bicyclic) bond motifs is 2. The second kappa shape index (κ2) is 10.7. The summed E-state index contributed by atoms with van der Waals surface area (Å²) < 4.78 is 33.8. The maximum absolute atomic E-state index is 13.4. The molecule has 2 aromatic heterocycles. The lowest BCUT2D eigenvalue weighted by Gasteiger charge is -2.39. The number of thiazole rings is 1. The van der Waals surface area contributed by atoms with Crippen molar-refractivity contribution in [3.63, 3.8) is 0 Å². The molecule has 0 bridgehead atoms. The molecule has 0 saturated carbocycles. The average molecular weight is 583 g/mol. The highest BCUT2D eigenvalue weighted by Gasteiger charge is 2.34. The van der Waals surface area contributed by atoms with Gasteiger partial charge >= 0.3 is 0 Å². The quantitative estimate of drug-likeness (QED) is 0.353. The number of hydrogen-bond acceptors (Lipinski definition) is 8. The molecule has 2 aliphatic rings. The van der Waals surface area contributed by atoms with Crippen LogP contribution in [0.1, 0.15) is 40.8 Å². The Kier molecular flexibility index (Phi) is 7.30. The molecule has 1 saturated heterocycles. The minimum absolute atomic E-state index is 0.184. The summed E-state index contributed by atoms with van der Waals surface area (Å²) in [5.74, 6) is -0.233. The first kappa shape index (κ1) is 26.5. The van der Waals surface area contributed by atoms with Crippen LogP contribution in [0.5, 0.6) is 0 Å². The van der Waals surface area contributed by atoms with Crippen molar-refractivity contribution in [2.75, 3.05) is 32.8 Å². The Bertz CT molecular complexity index is 1570. The average Bonchev–Trinajstić information content (AvgIpc) is 3.58. The van der Waals surface area contributed by atoms with E-state index in [1.165, 1.54) is 22.0 Å². The molecule has 1 fully saturated rings. The van der Waals surface area contributed by atoms with Gasteiger partial charge < -0.3 is 10.1 Å². The van der Waals surface area contributed by atoms with Crippen molar-refractivity contribution in [2.24, 2.45) is 0 Å². The van der Waals surface area contributed by atoms with Crippen LogP contribution in [0.15, 0.2) is 58.8 Å². The van der Waals surface area contributed by atoms with Gasteiger partial charge in [0.2, 0.25) is 10.0 Å². The Hall–Kier alpha value is -2.67. The number of nitrogens with one attached hydrogen (secondary N) is 1. The van der Waals surface area contributed by atoms with E-state index in [0.29, 0.717) is 31.9 Å². The monoisotopic (exact) mass is 582 g/mol. The smallest absolute Gasteiger partial charge is 0.252 e. The van der Waals surface area contributed by atoms with E-state index in [1.54, 1.807) is 34.8 Å². The maximum Gasteiger partial charge on any atom is 0.252 e. The van der Waals surface area contributed by atoms with Crippen molar-refractivity contribution in [3.8, 4) is 10.6 Å². The van der Waals surface area contributed by atoms with Gasteiger partial charge in [0.15, 0.2) is 0 Å². The summed E-state index contributed by atoms with van der Waals surface area (Å²) in [6.07, 6.45) is 0.620. The first-order valence-electron chi connectivity index (χ1n) is 13.0. The molecule has 1 amide bonds. The van der Waals surface area contributed by atoms with E-state index in [0.717, 1.165) is 38.6 Å². The normalized spacial score (nSPS) is 18.9. The number of hydrogen-bond donors (Lipinski definition) is 1. The number of ether oxygens (including phenoxy) is 1. The minimum Gasteiger partial charge on any atom is -0.379 e. The van der Waals surface area contributed by atoms with Gasteiger partial charge in [-0.2, -0.15) is 4.31 Å². The number of aromatic nitrogens is 1. The van der Waals surface area contributed by atoms with Crippen LogP contribution in [0.4, 0.5) is 0 Å². The van der Waals surface area contributed by atoms with Crippen molar-refractivity contribution >= 4 is 48.8 Å². The predicted octanol–water partition coefficient (Wildman–Crippen LogP) is 4.74. The second-order valence-electron chi connectivity index (χ2n) is 9.98. The van der Waals surface area contributed by atoms with Crippen LogP contribution in [0.25, 0.3) is 20.8 Å². The standard InChI is InChI=1S/C28H30N4O4S3/c1-18(2)32-12-11-21-22(28-29-23-5-3-4-6-24(23)38-28)17-37-25(21)26(32)30-27(33)19-7-9-20(10-8-19)39(34,35)31-13-15-36-16-14-31/h3-10,17-18,26H,11-16H2,1-2H3,(H,30,33). The minimum atomic E-state index is -3.62. The summed E-state index contributed by atoms with van der Waals surface area (Å²) in [7, 11) is -3.62. The SMILES string of the molecule is CC(C)N1CCc2c(-c3nc4ccccc4s3)csc2C1NC(=O)c1ccc(S(=O)(=O)N2CCOCC2)cc1. The number of morpholine rings is 1. The zero-order chi connectivity index (χ0) is 27.1. The molecule has 0 spiro atoms. The fourth-order valence-electron chi connectivity index (χ4n) is 5.20. The third-order valence-corrected chi connectivity index (χ3v) is 11.4. The molecule has 0 radical (unpaired) electrons. The van der Waals surface area contributed by atoms with Crippen molar-refractivity contribution in [2.45, 2.75) is 37.4 Å². The molecule has 4 aromatic rings. The van der Waals surface area contributed by atoms with Crippen LogP contribution >= 0.6 is 22.7 Å². The van der Waals surface area contributed by atoms with E-state index in [2.05, 4.69) is 35.5 Å². The Labute approximate surface area is 236 Å². The van der Waals surface area contributed by atoms with E-state index in [9.17, 15) is 13.2 Å². The number of amides is 1. The fourth-order valence-corrected chi connectivity index (χ4v) is 8.87. The molecular weight excluding hydrogens is 553 g/mol. The van der Waals surface area contributed by atoms with Crippen LogP contribution in [-0.4, -0.2) is 67.4 Å². The third-order valence-electron chi connectivity index (χ3n) is 7.31. The van der Waals surface area contributed by atoms with E-state index >= 15 is 0 Å². The van der Waals surface area contributed by atoms with Crippen LogP contribution in [0.2, 0.25) is 0 Å². The Morgan fingerprint density at radius 1 is 1.08 bits per heavy atom. The molecular formula is C28H30N4O4S3. The molecule has 0 aliphatic carbocycles. The Morgan fingerprint density at radius 3 is 2.54 bits per heavy atom. The molecule has 11 heteroatoms. The lowest BCUT2D eigenvalue weighted by molar-refractivity contribution is 0.0730. The summed E-state index contributed by atoms with van der Waals surface area (Å²) in [5, 5.41) is 6.41. The molecule has 2 aliphatic heterocycles. The van der Waals surface area contributed by atoms with Crippen LogP contribution in [0.3, 0.4) is 0 Å².